The van der Waals surface area contributed by atoms with E-state index >= 15 is 0 Å². The van der Waals surface area contributed by atoms with E-state index in [9.17, 15) is 4.39 Å². The normalized spacial score (nSPS) is 10.6. The van der Waals surface area contributed by atoms with Crippen molar-refractivity contribution in [3.05, 3.63) is 57.8 Å². The van der Waals surface area contributed by atoms with E-state index in [0.29, 0.717) is 11.3 Å². The third-order valence-electron chi connectivity index (χ3n) is 2.60. The Balaban J connectivity index is 2.16. The van der Waals surface area contributed by atoms with Crippen LogP contribution >= 0.6 is 27.7 Å². The van der Waals surface area contributed by atoms with Crippen LogP contribution in [0.25, 0.3) is 0 Å². The molecule has 0 aliphatic heterocycles. The van der Waals surface area contributed by atoms with Gasteiger partial charge < -0.3 is 5.73 Å². The molecule has 0 radical (unpaired) electrons. The Morgan fingerprint density at radius 1 is 1.22 bits per heavy atom. The van der Waals surface area contributed by atoms with Gasteiger partial charge >= 0.3 is 0 Å². The van der Waals surface area contributed by atoms with E-state index < -0.39 is 0 Å². The molecule has 1 nitrogen and oxygen atoms in total. The average molecular weight is 326 g/mol. The smallest absolute Gasteiger partial charge is 0.127 e. The second-order valence-electron chi connectivity index (χ2n) is 4.05. The van der Waals surface area contributed by atoms with Crippen molar-refractivity contribution in [3.8, 4) is 0 Å². The van der Waals surface area contributed by atoms with E-state index in [4.69, 9.17) is 5.73 Å². The molecular formula is C14H13BrFNS. The molecule has 2 aromatic rings. The fourth-order valence-electron chi connectivity index (χ4n) is 1.58. The van der Waals surface area contributed by atoms with Crippen molar-refractivity contribution in [1.82, 2.24) is 0 Å². The molecule has 94 valence electrons. The van der Waals surface area contributed by atoms with Gasteiger partial charge in [-0.15, -0.1) is 11.8 Å². The van der Waals surface area contributed by atoms with E-state index in [1.807, 2.05) is 31.2 Å². The number of thioether (sulfide) groups is 1. The molecular weight excluding hydrogens is 313 g/mol. The Morgan fingerprint density at radius 2 is 2.00 bits per heavy atom. The molecule has 4 heteroatoms. The Labute approximate surface area is 119 Å². The van der Waals surface area contributed by atoms with E-state index in [2.05, 4.69) is 15.9 Å². The fraction of sp³-hybridized carbons (Fsp3) is 0.143. The quantitative estimate of drug-likeness (QED) is 0.649. The first kappa shape index (κ1) is 13.4. The molecule has 0 aliphatic rings. The highest BCUT2D eigenvalue weighted by Gasteiger charge is 2.05. The number of rotatable bonds is 3. The molecule has 0 fully saturated rings. The lowest BCUT2D eigenvalue weighted by Crippen LogP contribution is -1.90. The molecule has 0 saturated carbocycles. The number of hydrogen-bond acceptors (Lipinski definition) is 2. The van der Waals surface area contributed by atoms with Crippen molar-refractivity contribution in [3.63, 3.8) is 0 Å². The van der Waals surface area contributed by atoms with Crippen molar-refractivity contribution in [2.24, 2.45) is 0 Å². The van der Waals surface area contributed by atoms with E-state index in [1.54, 1.807) is 17.8 Å². The predicted octanol–water partition coefficient (Wildman–Crippen LogP) is 4.77. The number of hydrogen-bond donors (Lipinski definition) is 1. The summed E-state index contributed by atoms with van der Waals surface area (Å²) in [4.78, 5) is 1.09. The predicted molar refractivity (Wildman–Crippen MR) is 79.3 cm³/mol. The number of nitrogens with two attached hydrogens (primary N) is 1. The third-order valence-corrected chi connectivity index (χ3v) is 4.30. The number of halogens is 2. The van der Waals surface area contributed by atoms with E-state index in [1.165, 1.54) is 6.07 Å². The number of benzene rings is 2. The molecule has 0 amide bonds. The van der Waals surface area contributed by atoms with Gasteiger partial charge in [-0.1, -0.05) is 22.0 Å². The second kappa shape index (κ2) is 5.76. The molecule has 0 aromatic heterocycles. The lowest BCUT2D eigenvalue weighted by Gasteiger charge is -2.08. The lowest BCUT2D eigenvalue weighted by atomic mass is 10.2. The Hall–Kier alpha value is -1.00. The van der Waals surface area contributed by atoms with Crippen LogP contribution in [0.2, 0.25) is 0 Å². The van der Waals surface area contributed by atoms with Crippen LogP contribution in [0.4, 0.5) is 10.1 Å². The van der Waals surface area contributed by atoms with Gasteiger partial charge in [-0.2, -0.15) is 0 Å². The van der Waals surface area contributed by atoms with Gasteiger partial charge in [-0.25, -0.2) is 4.39 Å². The van der Waals surface area contributed by atoms with Crippen LogP contribution in [0.1, 0.15) is 11.1 Å². The van der Waals surface area contributed by atoms with Crippen molar-refractivity contribution >= 4 is 33.4 Å². The molecule has 2 N–H and O–H groups in total. The summed E-state index contributed by atoms with van der Waals surface area (Å²) in [6.07, 6.45) is 0. The first-order valence-corrected chi connectivity index (χ1v) is 7.27. The van der Waals surface area contributed by atoms with Gasteiger partial charge in [0.15, 0.2) is 0 Å². The minimum atomic E-state index is -0.174. The SMILES string of the molecule is Cc1ccc(N)cc1SCc1cc(Br)ccc1F. The molecule has 2 aromatic carbocycles. The molecule has 0 atom stereocenters. The number of nitrogen functional groups attached to an aromatic ring is 1. The Morgan fingerprint density at radius 3 is 2.78 bits per heavy atom. The standard InChI is InChI=1S/C14H13BrFNS/c1-9-2-4-12(17)7-14(9)18-8-10-6-11(15)3-5-13(10)16/h2-7H,8,17H2,1H3. The van der Waals surface area contributed by atoms with Gasteiger partial charge in [0.05, 0.1) is 0 Å². The molecule has 0 bridgehead atoms. The van der Waals surface area contributed by atoms with Gasteiger partial charge in [-0.05, 0) is 48.4 Å². The summed E-state index contributed by atoms with van der Waals surface area (Å²) in [6, 6.07) is 10.8. The van der Waals surface area contributed by atoms with Crippen LogP contribution in [0.3, 0.4) is 0 Å². The molecule has 18 heavy (non-hydrogen) atoms. The molecule has 0 spiro atoms. The monoisotopic (exact) mass is 325 g/mol. The van der Waals surface area contributed by atoms with Gasteiger partial charge in [0.1, 0.15) is 5.82 Å². The van der Waals surface area contributed by atoms with Crippen molar-refractivity contribution in [2.45, 2.75) is 17.6 Å². The van der Waals surface area contributed by atoms with Crippen LogP contribution in [0.5, 0.6) is 0 Å². The number of aryl methyl sites for hydroxylation is 1. The summed E-state index contributed by atoms with van der Waals surface area (Å²) in [7, 11) is 0. The number of anilines is 1. The summed E-state index contributed by atoms with van der Waals surface area (Å²) >= 11 is 4.95. The Bertz CT molecular complexity index is 520. The first-order chi connectivity index (χ1) is 8.56. The summed E-state index contributed by atoms with van der Waals surface area (Å²) in [5, 5.41) is 0. The van der Waals surface area contributed by atoms with Crippen molar-refractivity contribution < 1.29 is 4.39 Å². The summed E-state index contributed by atoms with van der Waals surface area (Å²) in [5.74, 6) is 0.419. The molecule has 2 rings (SSSR count). The minimum Gasteiger partial charge on any atom is -0.399 e. The third kappa shape index (κ3) is 3.27. The van der Waals surface area contributed by atoms with E-state index in [0.717, 1.165) is 20.6 Å². The van der Waals surface area contributed by atoms with Gasteiger partial charge in [0, 0.05) is 20.8 Å². The van der Waals surface area contributed by atoms with Crippen LogP contribution in [-0.4, -0.2) is 0 Å². The summed E-state index contributed by atoms with van der Waals surface area (Å²) in [5.41, 5.74) is 8.34. The maximum atomic E-state index is 13.6. The van der Waals surface area contributed by atoms with Crippen LogP contribution in [-0.2, 0) is 5.75 Å². The molecule has 0 saturated heterocycles. The topological polar surface area (TPSA) is 26.0 Å². The molecule has 0 heterocycles. The summed E-state index contributed by atoms with van der Waals surface area (Å²) < 4.78 is 14.5. The summed E-state index contributed by atoms with van der Waals surface area (Å²) in [6.45, 7) is 2.03. The fourth-order valence-corrected chi connectivity index (χ4v) is 3.04. The zero-order chi connectivity index (χ0) is 13.1. The second-order valence-corrected chi connectivity index (χ2v) is 5.98. The maximum Gasteiger partial charge on any atom is 0.127 e. The highest BCUT2D eigenvalue weighted by atomic mass is 79.9. The minimum absolute atomic E-state index is 0.174. The molecule has 0 unspecified atom stereocenters. The maximum absolute atomic E-state index is 13.6. The van der Waals surface area contributed by atoms with Crippen LogP contribution in [0, 0.1) is 12.7 Å². The largest absolute Gasteiger partial charge is 0.399 e. The van der Waals surface area contributed by atoms with E-state index in [-0.39, 0.29) is 5.82 Å². The lowest BCUT2D eigenvalue weighted by molar-refractivity contribution is 0.617. The average Bonchev–Trinajstić information content (AvgIpc) is 2.34. The Kier molecular flexibility index (Phi) is 4.30. The zero-order valence-corrected chi connectivity index (χ0v) is 12.3. The highest BCUT2D eigenvalue weighted by Crippen LogP contribution is 2.29. The van der Waals surface area contributed by atoms with Gasteiger partial charge in [0.2, 0.25) is 0 Å². The van der Waals surface area contributed by atoms with Crippen LogP contribution in [0.15, 0.2) is 45.8 Å². The van der Waals surface area contributed by atoms with Gasteiger partial charge in [0.25, 0.3) is 0 Å². The van der Waals surface area contributed by atoms with Crippen LogP contribution < -0.4 is 5.73 Å². The van der Waals surface area contributed by atoms with Crippen molar-refractivity contribution in [2.75, 3.05) is 5.73 Å². The van der Waals surface area contributed by atoms with Crippen molar-refractivity contribution in [1.29, 1.82) is 0 Å². The molecule has 0 aliphatic carbocycles. The first-order valence-electron chi connectivity index (χ1n) is 5.49. The highest BCUT2D eigenvalue weighted by molar-refractivity contribution is 9.10. The van der Waals surface area contributed by atoms with Gasteiger partial charge in [-0.3, -0.25) is 0 Å². The zero-order valence-electron chi connectivity index (χ0n) is 9.91.